The highest BCUT2D eigenvalue weighted by molar-refractivity contribution is 8.00. The molecule has 0 aromatic heterocycles. The molecule has 0 aliphatic heterocycles. The summed E-state index contributed by atoms with van der Waals surface area (Å²) in [7, 11) is 0. The molecule has 1 unspecified atom stereocenters. The number of thioether (sulfide) groups is 1. The molecule has 0 aliphatic carbocycles. The molecule has 2 aromatic rings. The van der Waals surface area contributed by atoms with E-state index in [-0.39, 0.29) is 16.9 Å². The van der Waals surface area contributed by atoms with Gasteiger partial charge in [0.25, 0.3) is 0 Å². The smallest absolute Gasteiger partial charge is 0.422 e. The van der Waals surface area contributed by atoms with Gasteiger partial charge < -0.3 is 10.1 Å². The van der Waals surface area contributed by atoms with E-state index in [1.807, 2.05) is 37.3 Å². The van der Waals surface area contributed by atoms with Gasteiger partial charge in [0.15, 0.2) is 6.61 Å². The Morgan fingerprint density at radius 3 is 2.36 bits per heavy atom. The zero-order valence-corrected chi connectivity index (χ0v) is 14.4. The predicted molar refractivity (Wildman–Crippen MR) is 91.6 cm³/mol. The largest absolute Gasteiger partial charge is 0.484 e. The van der Waals surface area contributed by atoms with Crippen molar-refractivity contribution in [3.63, 3.8) is 0 Å². The van der Waals surface area contributed by atoms with Crippen molar-refractivity contribution >= 4 is 17.7 Å². The molecule has 2 aromatic carbocycles. The maximum absolute atomic E-state index is 12.1. The van der Waals surface area contributed by atoms with E-state index in [4.69, 9.17) is 0 Å². The van der Waals surface area contributed by atoms with Crippen LogP contribution in [0.1, 0.15) is 12.5 Å². The van der Waals surface area contributed by atoms with Crippen molar-refractivity contribution < 1.29 is 22.7 Å². The van der Waals surface area contributed by atoms with Crippen molar-refractivity contribution in [3.8, 4) is 5.75 Å². The standard InChI is InChI=1S/C18H18F3NO2S/c1-13(25-16-5-3-2-4-6-16)17(23)22-11-14-7-9-15(10-8-14)24-12-18(19,20)21/h2-10,13H,11-12H2,1H3,(H,22,23). The number of rotatable bonds is 7. The molecular formula is C18H18F3NO2S. The average molecular weight is 369 g/mol. The first-order valence-electron chi connectivity index (χ1n) is 7.61. The summed E-state index contributed by atoms with van der Waals surface area (Å²) in [5.74, 6) is 0.0339. The van der Waals surface area contributed by atoms with Crippen LogP contribution in [0.3, 0.4) is 0 Å². The molecule has 25 heavy (non-hydrogen) atoms. The number of hydrogen-bond acceptors (Lipinski definition) is 3. The lowest BCUT2D eigenvalue weighted by Crippen LogP contribution is -2.30. The molecule has 0 bridgehead atoms. The molecule has 0 saturated carbocycles. The minimum absolute atomic E-state index is 0.105. The van der Waals surface area contributed by atoms with Gasteiger partial charge in [-0.15, -0.1) is 11.8 Å². The number of hydrogen-bond donors (Lipinski definition) is 1. The zero-order valence-electron chi connectivity index (χ0n) is 13.5. The third-order valence-electron chi connectivity index (χ3n) is 3.22. The van der Waals surface area contributed by atoms with Gasteiger partial charge in [-0.2, -0.15) is 13.2 Å². The van der Waals surface area contributed by atoms with Gasteiger partial charge in [-0.25, -0.2) is 0 Å². The number of carbonyl (C=O) groups is 1. The van der Waals surface area contributed by atoms with Gasteiger partial charge in [0, 0.05) is 11.4 Å². The highest BCUT2D eigenvalue weighted by Crippen LogP contribution is 2.23. The van der Waals surface area contributed by atoms with Gasteiger partial charge in [0.2, 0.25) is 5.91 Å². The third-order valence-corrected chi connectivity index (χ3v) is 4.33. The van der Waals surface area contributed by atoms with Crippen LogP contribution in [0.5, 0.6) is 5.75 Å². The van der Waals surface area contributed by atoms with Gasteiger partial charge in [-0.05, 0) is 36.8 Å². The molecule has 134 valence electrons. The summed E-state index contributed by atoms with van der Waals surface area (Å²) in [6.07, 6.45) is -4.36. The monoisotopic (exact) mass is 369 g/mol. The molecule has 1 amide bonds. The Bertz CT molecular complexity index is 675. The van der Waals surface area contributed by atoms with Gasteiger partial charge in [0.05, 0.1) is 5.25 Å². The normalized spacial score (nSPS) is 12.5. The molecule has 0 saturated heterocycles. The molecule has 0 heterocycles. The zero-order chi connectivity index (χ0) is 18.3. The van der Waals surface area contributed by atoms with Crippen molar-refractivity contribution in [2.24, 2.45) is 0 Å². The minimum atomic E-state index is -4.36. The summed E-state index contributed by atoms with van der Waals surface area (Å²) in [6.45, 7) is 0.802. The second kappa shape index (κ2) is 8.80. The van der Waals surface area contributed by atoms with Crippen LogP contribution in [-0.2, 0) is 11.3 Å². The van der Waals surface area contributed by atoms with Crippen molar-refractivity contribution in [2.45, 2.75) is 29.8 Å². The van der Waals surface area contributed by atoms with Crippen LogP contribution in [0.2, 0.25) is 0 Å². The number of nitrogens with one attached hydrogen (secondary N) is 1. The SMILES string of the molecule is CC(Sc1ccccc1)C(=O)NCc1ccc(OCC(F)(F)F)cc1. The van der Waals surface area contributed by atoms with E-state index >= 15 is 0 Å². The number of amides is 1. The Hall–Kier alpha value is -2.15. The lowest BCUT2D eigenvalue weighted by atomic mass is 10.2. The van der Waals surface area contributed by atoms with Crippen molar-refractivity contribution in [3.05, 3.63) is 60.2 Å². The second-order valence-corrected chi connectivity index (χ2v) is 6.75. The molecule has 0 spiro atoms. The van der Waals surface area contributed by atoms with Gasteiger partial charge in [-0.1, -0.05) is 30.3 Å². The van der Waals surface area contributed by atoms with Crippen LogP contribution in [0.15, 0.2) is 59.5 Å². The molecule has 7 heteroatoms. The van der Waals surface area contributed by atoms with Crippen LogP contribution in [0.25, 0.3) is 0 Å². The van der Waals surface area contributed by atoms with Crippen LogP contribution in [0, 0.1) is 0 Å². The quantitative estimate of drug-likeness (QED) is 0.734. The van der Waals surface area contributed by atoms with Crippen molar-refractivity contribution in [2.75, 3.05) is 6.61 Å². The lowest BCUT2D eigenvalue weighted by Gasteiger charge is -2.13. The van der Waals surface area contributed by atoms with E-state index < -0.39 is 12.8 Å². The molecule has 0 fully saturated rings. The number of halogens is 3. The summed E-state index contributed by atoms with van der Waals surface area (Å²) in [5, 5.41) is 2.56. The highest BCUT2D eigenvalue weighted by Gasteiger charge is 2.28. The Morgan fingerprint density at radius 2 is 1.76 bits per heavy atom. The predicted octanol–water partition coefficient (Wildman–Crippen LogP) is 4.42. The topological polar surface area (TPSA) is 38.3 Å². The van der Waals surface area contributed by atoms with Crippen molar-refractivity contribution in [1.29, 1.82) is 0 Å². The Morgan fingerprint density at radius 1 is 1.12 bits per heavy atom. The minimum Gasteiger partial charge on any atom is -0.484 e. The van der Waals surface area contributed by atoms with E-state index in [9.17, 15) is 18.0 Å². The van der Waals surface area contributed by atoms with Gasteiger partial charge in [0.1, 0.15) is 5.75 Å². The fraction of sp³-hybridized carbons (Fsp3) is 0.278. The number of benzene rings is 2. The first kappa shape index (κ1) is 19.2. The first-order valence-corrected chi connectivity index (χ1v) is 8.49. The fourth-order valence-corrected chi connectivity index (χ4v) is 2.87. The van der Waals surface area contributed by atoms with Crippen LogP contribution in [0.4, 0.5) is 13.2 Å². The Balaban J connectivity index is 1.79. The van der Waals surface area contributed by atoms with E-state index in [1.165, 1.54) is 23.9 Å². The summed E-state index contributed by atoms with van der Waals surface area (Å²) in [6, 6.07) is 15.8. The van der Waals surface area contributed by atoms with E-state index in [0.717, 1.165) is 10.5 Å². The van der Waals surface area contributed by atoms with Gasteiger partial charge in [-0.3, -0.25) is 4.79 Å². The third kappa shape index (κ3) is 7.09. The second-order valence-electron chi connectivity index (χ2n) is 5.34. The summed E-state index contributed by atoms with van der Waals surface area (Å²) in [4.78, 5) is 13.1. The molecule has 0 radical (unpaired) electrons. The lowest BCUT2D eigenvalue weighted by molar-refractivity contribution is -0.153. The maximum atomic E-state index is 12.1. The summed E-state index contributed by atoms with van der Waals surface area (Å²) < 4.78 is 40.9. The highest BCUT2D eigenvalue weighted by atomic mass is 32.2. The summed E-state index contributed by atoms with van der Waals surface area (Å²) in [5.41, 5.74) is 0.782. The number of alkyl halides is 3. The van der Waals surface area contributed by atoms with Crippen LogP contribution < -0.4 is 10.1 Å². The molecule has 3 nitrogen and oxygen atoms in total. The first-order chi connectivity index (χ1) is 11.8. The summed E-state index contributed by atoms with van der Waals surface area (Å²) >= 11 is 1.46. The average Bonchev–Trinajstić information content (AvgIpc) is 2.59. The number of carbonyl (C=O) groups excluding carboxylic acids is 1. The molecule has 1 N–H and O–H groups in total. The Labute approximate surface area is 148 Å². The maximum Gasteiger partial charge on any atom is 0.422 e. The molecule has 2 rings (SSSR count). The molecule has 1 atom stereocenters. The number of ether oxygens (including phenoxy) is 1. The van der Waals surface area contributed by atoms with E-state index in [1.54, 1.807) is 12.1 Å². The van der Waals surface area contributed by atoms with E-state index in [0.29, 0.717) is 6.54 Å². The van der Waals surface area contributed by atoms with E-state index in [2.05, 4.69) is 10.1 Å². The molecular weight excluding hydrogens is 351 g/mol. The van der Waals surface area contributed by atoms with Crippen LogP contribution >= 0.6 is 11.8 Å². The van der Waals surface area contributed by atoms with Crippen molar-refractivity contribution in [1.82, 2.24) is 5.32 Å². The van der Waals surface area contributed by atoms with Gasteiger partial charge >= 0.3 is 6.18 Å². The Kier molecular flexibility index (Phi) is 6.75. The fourth-order valence-electron chi connectivity index (χ4n) is 1.96. The van der Waals surface area contributed by atoms with Crippen LogP contribution in [-0.4, -0.2) is 23.9 Å². The molecule has 0 aliphatic rings.